The molecule has 2 aromatic rings. The van der Waals surface area contributed by atoms with Gasteiger partial charge in [0.05, 0.1) is 12.0 Å². The van der Waals surface area contributed by atoms with Crippen molar-refractivity contribution < 1.29 is 24.2 Å². The number of ether oxygens (including phenoxy) is 1. The van der Waals surface area contributed by atoms with Crippen LogP contribution >= 0.6 is 0 Å². The zero-order chi connectivity index (χ0) is 24.1. The number of hydrogen-bond donors (Lipinski definition) is 3. The number of carboxylic acids is 1. The number of hydrogen-bond acceptors (Lipinski definition) is 4. The molecule has 0 saturated heterocycles. The van der Waals surface area contributed by atoms with Gasteiger partial charge >= 0.3 is 12.1 Å². The van der Waals surface area contributed by atoms with Crippen LogP contribution in [0.3, 0.4) is 0 Å². The predicted octanol–water partition coefficient (Wildman–Crippen LogP) is 4.37. The molecule has 7 nitrogen and oxygen atoms in total. The summed E-state index contributed by atoms with van der Waals surface area (Å²) < 4.78 is 5.59. The molecule has 4 rings (SSSR count). The van der Waals surface area contributed by atoms with E-state index in [0.717, 1.165) is 28.7 Å². The Morgan fingerprint density at radius 3 is 2.24 bits per heavy atom. The molecular formula is C27H30N2O5. The van der Waals surface area contributed by atoms with Gasteiger partial charge in [0, 0.05) is 5.92 Å². The fraction of sp³-hybridized carbons (Fsp3) is 0.370. The zero-order valence-corrected chi connectivity index (χ0v) is 19.1. The van der Waals surface area contributed by atoms with Gasteiger partial charge in [-0.2, -0.15) is 0 Å². The molecule has 3 N–H and O–H groups in total. The fourth-order valence-corrected chi connectivity index (χ4v) is 4.92. The number of allylic oxidation sites excluding steroid dienone is 1. The minimum atomic E-state index is -0.952. The molecule has 178 valence electrons. The summed E-state index contributed by atoms with van der Waals surface area (Å²) >= 11 is 0. The number of rotatable bonds is 10. The highest BCUT2D eigenvalue weighted by Gasteiger charge is 2.41. The van der Waals surface area contributed by atoms with Crippen molar-refractivity contribution in [3.8, 4) is 11.1 Å². The molecule has 34 heavy (non-hydrogen) atoms. The van der Waals surface area contributed by atoms with Gasteiger partial charge in [0.2, 0.25) is 5.91 Å². The van der Waals surface area contributed by atoms with Crippen LogP contribution in [-0.2, 0) is 14.3 Å². The van der Waals surface area contributed by atoms with Gasteiger partial charge in [0.25, 0.3) is 0 Å². The summed E-state index contributed by atoms with van der Waals surface area (Å²) in [7, 11) is 0. The highest BCUT2D eigenvalue weighted by molar-refractivity contribution is 5.87. The summed E-state index contributed by atoms with van der Waals surface area (Å²) in [5.41, 5.74) is 3.76. The Kier molecular flexibility index (Phi) is 7.01. The third-order valence-corrected chi connectivity index (χ3v) is 6.80. The maximum Gasteiger partial charge on any atom is 0.407 e. The summed E-state index contributed by atoms with van der Waals surface area (Å²) in [4.78, 5) is 36.9. The second kappa shape index (κ2) is 10.1. The van der Waals surface area contributed by atoms with E-state index in [1.807, 2.05) is 36.4 Å². The summed E-state index contributed by atoms with van der Waals surface area (Å²) in [5.74, 6) is -1.42. The molecule has 2 aromatic carbocycles. The van der Waals surface area contributed by atoms with Crippen molar-refractivity contribution in [3.05, 3.63) is 72.3 Å². The van der Waals surface area contributed by atoms with Crippen molar-refractivity contribution in [1.29, 1.82) is 0 Å². The topological polar surface area (TPSA) is 105 Å². The molecule has 0 aromatic heterocycles. The van der Waals surface area contributed by atoms with E-state index in [0.29, 0.717) is 25.7 Å². The van der Waals surface area contributed by atoms with Crippen molar-refractivity contribution in [2.45, 2.75) is 56.0 Å². The van der Waals surface area contributed by atoms with Crippen LogP contribution < -0.4 is 10.6 Å². The number of carbonyl (C=O) groups excluding carboxylic acids is 2. The average molecular weight is 463 g/mol. The zero-order valence-electron chi connectivity index (χ0n) is 19.1. The number of alkyl carbamates (subject to hydrolysis) is 1. The lowest BCUT2D eigenvalue weighted by molar-refractivity contribution is -0.140. The van der Waals surface area contributed by atoms with Crippen LogP contribution in [0.4, 0.5) is 4.79 Å². The molecule has 2 amide bonds. The number of fused-ring (bicyclic) bond motifs is 3. The number of aliphatic carboxylic acids is 1. The number of carboxylic acid groups (broad SMARTS) is 1. The Balaban J connectivity index is 1.40. The molecule has 1 saturated carbocycles. The van der Waals surface area contributed by atoms with Crippen molar-refractivity contribution >= 4 is 18.0 Å². The van der Waals surface area contributed by atoms with Crippen LogP contribution in [0.2, 0.25) is 0 Å². The monoisotopic (exact) mass is 462 g/mol. The first-order valence-corrected chi connectivity index (χ1v) is 11.7. The predicted molar refractivity (Wildman–Crippen MR) is 128 cm³/mol. The molecule has 0 spiro atoms. The highest BCUT2D eigenvalue weighted by atomic mass is 16.5. The molecule has 7 heteroatoms. The molecule has 1 fully saturated rings. The maximum atomic E-state index is 13.0. The fourth-order valence-electron chi connectivity index (χ4n) is 4.92. The van der Waals surface area contributed by atoms with E-state index in [2.05, 4.69) is 29.3 Å². The first kappa shape index (κ1) is 23.5. The van der Waals surface area contributed by atoms with Gasteiger partial charge in [-0.25, -0.2) is 4.79 Å². The van der Waals surface area contributed by atoms with E-state index in [1.54, 1.807) is 6.08 Å². The molecule has 2 aliphatic rings. The van der Waals surface area contributed by atoms with Gasteiger partial charge in [0.1, 0.15) is 12.6 Å². The van der Waals surface area contributed by atoms with Gasteiger partial charge in [0.15, 0.2) is 0 Å². The minimum absolute atomic E-state index is 0.0765. The van der Waals surface area contributed by atoms with Crippen molar-refractivity contribution in [2.24, 2.45) is 0 Å². The third-order valence-electron chi connectivity index (χ3n) is 6.80. The summed E-state index contributed by atoms with van der Waals surface area (Å²) in [6.45, 7) is 3.84. The van der Waals surface area contributed by atoms with Gasteiger partial charge in [-0.05, 0) is 54.4 Å². The van der Waals surface area contributed by atoms with Gasteiger partial charge in [-0.15, -0.1) is 6.58 Å². The standard InChI is InChI=1S/C27H30N2O5/c1-2-3-13-23(25(32)29-27(14-8-15-27)16-24(30)31)28-26(33)34-17-22-20-11-6-4-9-18(20)19-10-5-7-12-21(19)22/h2,4-7,9-12,22-23H,1,3,8,13-17H2,(H,28,33)(H,29,32)(H,30,31). The second-order valence-electron chi connectivity index (χ2n) is 9.08. The quantitative estimate of drug-likeness (QED) is 0.455. The van der Waals surface area contributed by atoms with Crippen molar-refractivity contribution in [3.63, 3.8) is 0 Å². The summed E-state index contributed by atoms with van der Waals surface area (Å²) in [6.07, 6.45) is 3.84. The molecule has 2 aliphatic carbocycles. The van der Waals surface area contributed by atoms with E-state index in [9.17, 15) is 19.5 Å². The Morgan fingerprint density at radius 1 is 1.09 bits per heavy atom. The number of nitrogens with one attached hydrogen (secondary N) is 2. The van der Waals surface area contributed by atoms with E-state index in [1.165, 1.54) is 0 Å². The highest BCUT2D eigenvalue weighted by Crippen LogP contribution is 2.44. The summed E-state index contributed by atoms with van der Waals surface area (Å²) in [6, 6.07) is 15.3. The van der Waals surface area contributed by atoms with Crippen LogP contribution in [0.25, 0.3) is 11.1 Å². The van der Waals surface area contributed by atoms with Crippen LogP contribution in [0.5, 0.6) is 0 Å². The third kappa shape index (κ3) is 4.98. The van der Waals surface area contributed by atoms with E-state index < -0.39 is 29.6 Å². The largest absolute Gasteiger partial charge is 0.481 e. The number of benzene rings is 2. The molecule has 1 atom stereocenters. The molecule has 1 unspecified atom stereocenters. The van der Waals surface area contributed by atoms with Gasteiger partial charge < -0.3 is 20.5 Å². The summed E-state index contributed by atoms with van der Waals surface area (Å²) in [5, 5.41) is 14.8. The van der Waals surface area contributed by atoms with E-state index in [-0.39, 0.29) is 18.9 Å². The van der Waals surface area contributed by atoms with Crippen molar-refractivity contribution in [1.82, 2.24) is 10.6 Å². The van der Waals surface area contributed by atoms with Gasteiger partial charge in [-0.1, -0.05) is 54.6 Å². The second-order valence-corrected chi connectivity index (χ2v) is 9.08. The lowest BCUT2D eigenvalue weighted by Gasteiger charge is -2.42. The van der Waals surface area contributed by atoms with Crippen LogP contribution in [-0.4, -0.2) is 41.3 Å². The Hall–Kier alpha value is -3.61. The van der Waals surface area contributed by atoms with E-state index in [4.69, 9.17) is 4.74 Å². The van der Waals surface area contributed by atoms with E-state index >= 15 is 0 Å². The smallest absolute Gasteiger partial charge is 0.407 e. The molecule has 0 aliphatic heterocycles. The Morgan fingerprint density at radius 2 is 1.71 bits per heavy atom. The minimum Gasteiger partial charge on any atom is -0.481 e. The molecular weight excluding hydrogens is 432 g/mol. The molecule has 0 bridgehead atoms. The van der Waals surface area contributed by atoms with Crippen LogP contribution in [0.1, 0.15) is 55.6 Å². The first-order valence-electron chi connectivity index (χ1n) is 11.7. The number of carbonyl (C=O) groups is 3. The Labute approximate surface area is 199 Å². The lowest BCUT2D eigenvalue weighted by Crippen LogP contribution is -2.59. The Bertz CT molecular complexity index is 1050. The lowest BCUT2D eigenvalue weighted by atomic mass is 9.74. The van der Waals surface area contributed by atoms with Gasteiger partial charge in [-0.3, -0.25) is 9.59 Å². The average Bonchev–Trinajstić information content (AvgIpc) is 3.12. The van der Waals surface area contributed by atoms with Crippen molar-refractivity contribution in [2.75, 3.05) is 6.61 Å². The number of amides is 2. The SMILES string of the molecule is C=CCCC(NC(=O)OCC1c2ccccc2-c2ccccc21)C(=O)NC1(CC(=O)O)CCC1. The normalized spacial score (nSPS) is 16.4. The first-order chi connectivity index (χ1) is 16.4. The molecule has 0 radical (unpaired) electrons. The van der Waals surface area contributed by atoms with Crippen LogP contribution in [0.15, 0.2) is 61.2 Å². The maximum absolute atomic E-state index is 13.0. The van der Waals surface area contributed by atoms with Crippen LogP contribution in [0, 0.1) is 0 Å². The molecule has 0 heterocycles.